The number of hydrogen-bond acceptors (Lipinski definition) is 4. The molecule has 0 aliphatic carbocycles. The number of rotatable bonds is 5. The molecule has 1 aromatic rings. The van der Waals surface area contributed by atoms with Gasteiger partial charge in [0.15, 0.2) is 0 Å². The van der Waals surface area contributed by atoms with Crippen LogP contribution in [0.5, 0.6) is 0 Å². The first-order valence-corrected chi connectivity index (χ1v) is 8.07. The van der Waals surface area contributed by atoms with Crippen molar-refractivity contribution in [2.75, 3.05) is 26.8 Å². The topological polar surface area (TPSA) is 54.5 Å². The van der Waals surface area contributed by atoms with Crippen molar-refractivity contribution in [1.29, 1.82) is 0 Å². The predicted molar refractivity (Wildman–Crippen MR) is 79.9 cm³/mol. The van der Waals surface area contributed by atoms with E-state index in [0.29, 0.717) is 5.92 Å². The number of urea groups is 1. The summed E-state index contributed by atoms with van der Waals surface area (Å²) in [6, 6.07) is -0.00168. The third-order valence-corrected chi connectivity index (χ3v) is 4.56. The van der Waals surface area contributed by atoms with Crippen molar-refractivity contribution in [3.63, 3.8) is 0 Å². The van der Waals surface area contributed by atoms with Gasteiger partial charge in [-0.25, -0.2) is 9.78 Å². The van der Waals surface area contributed by atoms with Crippen molar-refractivity contribution in [2.45, 2.75) is 32.2 Å². The second-order valence-electron chi connectivity index (χ2n) is 5.22. The van der Waals surface area contributed by atoms with E-state index in [1.165, 1.54) is 0 Å². The van der Waals surface area contributed by atoms with Crippen LogP contribution in [-0.4, -0.2) is 42.7 Å². The molecule has 1 aromatic heterocycles. The minimum absolute atomic E-state index is 0.0136. The Labute approximate surface area is 124 Å². The van der Waals surface area contributed by atoms with Gasteiger partial charge in [0.05, 0.1) is 6.04 Å². The smallest absolute Gasteiger partial charge is 0.317 e. The van der Waals surface area contributed by atoms with Gasteiger partial charge in [-0.3, -0.25) is 0 Å². The number of nitrogens with zero attached hydrogens (tertiary/aromatic N) is 2. The maximum Gasteiger partial charge on any atom is 0.317 e. The summed E-state index contributed by atoms with van der Waals surface area (Å²) in [7, 11) is 1.86. The molecule has 112 valence electrons. The van der Waals surface area contributed by atoms with E-state index in [9.17, 15) is 4.79 Å². The Bertz CT molecular complexity index is 405. The van der Waals surface area contributed by atoms with E-state index in [-0.39, 0.29) is 12.1 Å². The van der Waals surface area contributed by atoms with Gasteiger partial charge in [0.2, 0.25) is 0 Å². The molecule has 0 aromatic carbocycles. The minimum Gasteiger partial charge on any atom is -0.381 e. The van der Waals surface area contributed by atoms with Gasteiger partial charge in [0, 0.05) is 38.4 Å². The lowest BCUT2D eigenvalue weighted by molar-refractivity contribution is 0.0585. The second-order valence-corrected chi connectivity index (χ2v) is 6.14. The fourth-order valence-corrected chi connectivity index (χ4v) is 3.18. The highest BCUT2D eigenvalue weighted by Crippen LogP contribution is 2.20. The van der Waals surface area contributed by atoms with E-state index in [4.69, 9.17) is 4.74 Å². The standard InChI is InChI=1S/C14H23N3O2S/c1-3-12(13-15-6-9-20-13)16-14(18)17(2)10-11-4-7-19-8-5-11/h6,9,11-12H,3-5,7-8,10H2,1-2H3,(H,16,18)/t12-/m1/s1. The molecule has 1 fully saturated rings. The Kier molecular flexibility index (Phi) is 5.79. The summed E-state index contributed by atoms with van der Waals surface area (Å²) in [6.07, 6.45) is 4.72. The highest BCUT2D eigenvalue weighted by atomic mass is 32.1. The molecule has 0 saturated carbocycles. The number of carbonyl (C=O) groups excluding carboxylic acids is 1. The van der Waals surface area contributed by atoms with Gasteiger partial charge < -0.3 is 15.0 Å². The fourth-order valence-electron chi connectivity index (χ4n) is 2.40. The molecule has 1 aliphatic rings. The second kappa shape index (κ2) is 7.59. The van der Waals surface area contributed by atoms with Crippen LogP contribution in [0.2, 0.25) is 0 Å². The summed E-state index contributed by atoms with van der Waals surface area (Å²) in [5.74, 6) is 0.555. The number of hydrogen-bond donors (Lipinski definition) is 1. The van der Waals surface area contributed by atoms with E-state index >= 15 is 0 Å². The van der Waals surface area contributed by atoms with Crippen LogP contribution >= 0.6 is 11.3 Å². The average molecular weight is 297 g/mol. The van der Waals surface area contributed by atoms with E-state index in [1.807, 2.05) is 12.4 Å². The monoisotopic (exact) mass is 297 g/mol. The van der Waals surface area contributed by atoms with E-state index in [2.05, 4.69) is 17.2 Å². The first-order valence-electron chi connectivity index (χ1n) is 7.19. The molecule has 1 atom stereocenters. The summed E-state index contributed by atoms with van der Waals surface area (Å²) in [5.41, 5.74) is 0. The number of thiazole rings is 1. The van der Waals surface area contributed by atoms with Gasteiger partial charge in [0.1, 0.15) is 5.01 Å². The van der Waals surface area contributed by atoms with Gasteiger partial charge >= 0.3 is 6.03 Å². The largest absolute Gasteiger partial charge is 0.381 e. The van der Waals surface area contributed by atoms with Gasteiger partial charge in [-0.15, -0.1) is 11.3 Å². The van der Waals surface area contributed by atoms with Gasteiger partial charge in [-0.1, -0.05) is 6.92 Å². The molecule has 2 rings (SSSR count). The molecule has 0 spiro atoms. The Morgan fingerprint density at radius 2 is 2.35 bits per heavy atom. The molecule has 0 radical (unpaired) electrons. The average Bonchev–Trinajstić information content (AvgIpc) is 2.99. The zero-order valence-corrected chi connectivity index (χ0v) is 13.0. The zero-order chi connectivity index (χ0) is 14.4. The SMILES string of the molecule is CC[C@@H](NC(=O)N(C)CC1CCOCC1)c1nccs1. The van der Waals surface area contributed by atoms with E-state index in [1.54, 1.807) is 22.4 Å². The minimum atomic E-state index is -0.0152. The lowest BCUT2D eigenvalue weighted by atomic mass is 10.00. The van der Waals surface area contributed by atoms with Gasteiger partial charge in [0.25, 0.3) is 0 Å². The number of amides is 2. The molecule has 0 unspecified atom stereocenters. The lowest BCUT2D eigenvalue weighted by Gasteiger charge is -2.28. The normalized spacial score (nSPS) is 17.7. The Morgan fingerprint density at radius 1 is 1.60 bits per heavy atom. The third-order valence-electron chi connectivity index (χ3n) is 3.68. The van der Waals surface area contributed by atoms with Crippen molar-refractivity contribution in [2.24, 2.45) is 5.92 Å². The number of aromatic nitrogens is 1. The summed E-state index contributed by atoms with van der Waals surface area (Å²) in [5, 5.41) is 5.97. The summed E-state index contributed by atoms with van der Waals surface area (Å²) in [6.45, 7) is 4.49. The van der Waals surface area contributed by atoms with Crippen LogP contribution < -0.4 is 5.32 Å². The number of carbonyl (C=O) groups is 1. The predicted octanol–water partition coefficient (Wildman–Crippen LogP) is 2.66. The molecule has 6 heteroatoms. The number of nitrogens with one attached hydrogen (secondary N) is 1. The molecule has 0 bridgehead atoms. The molecule has 1 aliphatic heterocycles. The van der Waals surface area contributed by atoms with Crippen LogP contribution in [0.4, 0.5) is 4.79 Å². The quantitative estimate of drug-likeness (QED) is 0.909. The first-order chi connectivity index (χ1) is 9.70. The van der Waals surface area contributed by atoms with Crippen LogP contribution in [0.15, 0.2) is 11.6 Å². The Balaban J connectivity index is 1.83. The summed E-state index contributed by atoms with van der Waals surface area (Å²) < 4.78 is 5.35. The van der Waals surface area contributed by atoms with Crippen molar-refractivity contribution >= 4 is 17.4 Å². The fraction of sp³-hybridized carbons (Fsp3) is 0.714. The van der Waals surface area contributed by atoms with Crippen molar-refractivity contribution in [3.05, 3.63) is 16.6 Å². The van der Waals surface area contributed by atoms with Crippen LogP contribution in [0.1, 0.15) is 37.2 Å². The Hall–Kier alpha value is -1.14. The van der Waals surface area contributed by atoms with Crippen LogP contribution in [0, 0.1) is 5.92 Å². The van der Waals surface area contributed by atoms with Gasteiger partial charge in [-0.05, 0) is 25.2 Å². The van der Waals surface area contributed by atoms with Crippen LogP contribution in [0.25, 0.3) is 0 Å². The summed E-state index contributed by atoms with van der Waals surface area (Å²) in [4.78, 5) is 18.3. The maximum absolute atomic E-state index is 12.2. The maximum atomic E-state index is 12.2. The molecular weight excluding hydrogens is 274 g/mol. The molecule has 5 nitrogen and oxygen atoms in total. The van der Waals surface area contributed by atoms with Gasteiger partial charge in [-0.2, -0.15) is 0 Å². The van der Waals surface area contributed by atoms with E-state index < -0.39 is 0 Å². The van der Waals surface area contributed by atoms with Crippen molar-refractivity contribution in [3.8, 4) is 0 Å². The van der Waals surface area contributed by atoms with Crippen molar-refractivity contribution in [1.82, 2.24) is 15.2 Å². The van der Waals surface area contributed by atoms with Crippen molar-refractivity contribution < 1.29 is 9.53 Å². The molecule has 2 heterocycles. The molecule has 1 saturated heterocycles. The molecular formula is C14H23N3O2S. The van der Waals surface area contributed by atoms with E-state index in [0.717, 1.165) is 44.0 Å². The molecule has 1 N–H and O–H groups in total. The highest BCUT2D eigenvalue weighted by molar-refractivity contribution is 7.09. The molecule has 2 amide bonds. The molecule has 20 heavy (non-hydrogen) atoms. The van der Waals surface area contributed by atoms with Crippen LogP contribution in [-0.2, 0) is 4.74 Å². The first kappa shape index (κ1) is 15.3. The zero-order valence-electron chi connectivity index (χ0n) is 12.2. The lowest BCUT2D eigenvalue weighted by Crippen LogP contribution is -2.42. The third kappa shape index (κ3) is 4.18. The summed E-state index contributed by atoms with van der Waals surface area (Å²) >= 11 is 1.58. The van der Waals surface area contributed by atoms with Crippen LogP contribution in [0.3, 0.4) is 0 Å². The highest BCUT2D eigenvalue weighted by Gasteiger charge is 2.21. The number of ether oxygens (including phenoxy) is 1. The Morgan fingerprint density at radius 3 is 2.95 bits per heavy atom.